The lowest BCUT2D eigenvalue weighted by Crippen LogP contribution is -2.34. The highest BCUT2D eigenvalue weighted by Crippen LogP contribution is 2.39. The van der Waals surface area contributed by atoms with Crippen molar-refractivity contribution in [1.29, 1.82) is 0 Å². The van der Waals surface area contributed by atoms with Gasteiger partial charge in [0.2, 0.25) is 0 Å². The van der Waals surface area contributed by atoms with Crippen LogP contribution in [0.1, 0.15) is 38.5 Å². The van der Waals surface area contributed by atoms with Crippen LogP contribution in [-0.2, 0) is 4.74 Å². The van der Waals surface area contributed by atoms with Crippen molar-refractivity contribution in [3.8, 4) is 0 Å². The summed E-state index contributed by atoms with van der Waals surface area (Å²) in [6.07, 6.45) is 7.31. The molecule has 1 aliphatic carbocycles. The summed E-state index contributed by atoms with van der Waals surface area (Å²) in [6, 6.07) is 0.410. The third-order valence-corrected chi connectivity index (χ3v) is 3.04. The van der Waals surface area contributed by atoms with Gasteiger partial charge in [-0.3, -0.25) is 0 Å². The summed E-state index contributed by atoms with van der Waals surface area (Å²) in [5.74, 6) is 0. The van der Waals surface area contributed by atoms with Gasteiger partial charge in [0.05, 0.1) is 5.60 Å². The highest BCUT2D eigenvalue weighted by atomic mass is 16.5. The van der Waals surface area contributed by atoms with Crippen LogP contribution in [0.4, 0.5) is 0 Å². The van der Waals surface area contributed by atoms with E-state index >= 15 is 0 Å². The molecule has 1 saturated heterocycles. The van der Waals surface area contributed by atoms with Crippen molar-refractivity contribution < 1.29 is 4.74 Å². The first kappa shape index (κ1) is 7.56. The van der Waals surface area contributed by atoms with Gasteiger partial charge < -0.3 is 10.5 Å². The van der Waals surface area contributed by atoms with E-state index in [2.05, 4.69) is 0 Å². The Morgan fingerprint density at radius 3 is 2.73 bits per heavy atom. The predicted octanol–water partition coefficient (Wildman–Crippen LogP) is 1.44. The molecule has 11 heavy (non-hydrogen) atoms. The molecule has 0 aromatic rings. The maximum Gasteiger partial charge on any atom is 0.0697 e. The van der Waals surface area contributed by atoms with Crippen molar-refractivity contribution in [3.05, 3.63) is 0 Å². The molecule has 2 heteroatoms. The molecule has 64 valence electrons. The molecule has 1 aliphatic heterocycles. The van der Waals surface area contributed by atoms with Crippen LogP contribution in [0.15, 0.2) is 0 Å². The molecular formula is C9H17NO. The lowest BCUT2D eigenvalue weighted by atomic mass is 9.92. The van der Waals surface area contributed by atoms with E-state index in [1.54, 1.807) is 0 Å². The van der Waals surface area contributed by atoms with Gasteiger partial charge in [0, 0.05) is 12.6 Å². The van der Waals surface area contributed by atoms with Crippen LogP contribution < -0.4 is 5.73 Å². The fraction of sp³-hybridized carbons (Fsp3) is 1.00. The second kappa shape index (κ2) is 2.76. The van der Waals surface area contributed by atoms with Gasteiger partial charge in [-0.1, -0.05) is 0 Å². The summed E-state index contributed by atoms with van der Waals surface area (Å²) < 4.78 is 5.82. The molecule has 2 unspecified atom stereocenters. The SMILES string of the molecule is NC1CCC2(CCCCO2)C1. The largest absolute Gasteiger partial charge is 0.375 e. The first-order valence-corrected chi connectivity index (χ1v) is 4.70. The fourth-order valence-corrected chi connectivity index (χ4v) is 2.40. The zero-order valence-electron chi connectivity index (χ0n) is 7.01. The van der Waals surface area contributed by atoms with Crippen molar-refractivity contribution in [2.24, 2.45) is 5.73 Å². The van der Waals surface area contributed by atoms with Crippen molar-refractivity contribution >= 4 is 0 Å². The molecule has 0 aromatic carbocycles. The van der Waals surface area contributed by atoms with Crippen molar-refractivity contribution in [3.63, 3.8) is 0 Å². The van der Waals surface area contributed by atoms with Gasteiger partial charge in [-0.05, 0) is 38.5 Å². The highest BCUT2D eigenvalue weighted by Gasteiger charge is 2.39. The number of nitrogens with two attached hydrogens (primary N) is 1. The molecule has 1 saturated carbocycles. The third kappa shape index (κ3) is 1.42. The van der Waals surface area contributed by atoms with E-state index in [0.717, 1.165) is 13.0 Å². The van der Waals surface area contributed by atoms with Gasteiger partial charge in [0.25, 0.3) is 0 Å². The minimum atomic E-state index is 0.220. The standard InChI is InChI=1S/C9H17NO/c10-8-3-5-9(7-8)4-1-2-6-11-9/h8H,1-7,10H2. The summed E-state index contributed by atoms with van der Waals surface area (Å²) in [4.78, 5) is 0. The Kier molecular flexibility index (Phi) is 1.90. The third-order valence-electron chi connectivity index (χ3n) is 3.04. The van der Waals surface area contributed by atoms with E-state index < -0.39 is 0 Å². The zero-order valence-corrected chi connectivity index (χ0v) is 7.01. The quantitative estimate of drug-likeness (QED) is 0.574. The van der Waals surface area contributed by atoms with Crippen LogP contribution >= 0.6 is 0 Å². The minimum absolute atomic E-state index is 0.220. The summed E-state index contributed by atoms with van der Waals surface area (Å²) in [7, 11) is 0. The molecule has 2 rings (SSSR count). The van der Waals surface area contributed by atoms with E-state index in [1.807, 2.05) is 0 Å². The van der Waals surface area contributed by atoms with Crippen LogP contribution in [0.25, 0.3) is 0 Å². The zero-order chi connectivity index (χ0) is 7.73. The van der Waals surface area contributed by atoms with Gasteiger partial charge >= 0.3 is 0 Å². The molecule has 1 heterocycles. The topological polar surface area (TPSA) is 35.2 Å². The summed E-state index contributed by atoms with van der Waals surface area (Å²) in [6.45, 7) is 0.965. The van der Waals surface area contributed by atoms with Gasteiger partial charge in [0.15, 0.2) is 0 Å². The second-order valence-electron chi connectivity index (χ2n) is 3.99. The normalized spacial score (nSPS) is 45.0. The van der Waals surface area contributed by atoms with E-state index in [0.29, 0.717) is 6.04 Å². The van der Waals surface area contributed by atoms with Crippen LogP contribution in [0, 0.1) is 0 Å². The molecular weight excluding hydrogens is 138 g/mol. The lowest BCUT2D eigenvalue weighted by molar-refractivity contribution is -0.0736. The van der Waals surface area contributed by atoms with Crippen molar-refractivity contribution in [2.45, 2.75) is 50.2 Å². The monoisotopic (exact) mass is 155 g/mol. The molecule has 0 radical (unpaired) electrons. The number of hydrogen-bond donors (Lipinski definition) is 1. The Balaban J connectivity index is 1.98. The van der Waals surface area contributed by atoms with Crippen LogP contribution in [0.3, 0.4) is 0 Å². The summed E-state index contributed by atoms with van der Waals surface area (Å²) in [5, 5.41) is 0. The van der Waals surface area contributed by atoms with E-state index in [1.165, 1.54) is 32.1 Å². The maximum atomic E-state index is 5.86. The Labute approximate surface area is 68.1 Å². The predicted molar refractivity (Wildman–Crippen MR) is 44.4 cm³/mol. The molecule has 2 fully saturated rings. The molecule has 2 N–H and O–H groups in total. The molecule has 2 nitrogen and oxygen atoms in total. The average molecular weight is 155 g/mol. The molecule has 2 aliphatic rings. The fourth-order valence-electron chi connectivity index (χ4n) is 2.40. The van der Waals surface area contributed by atoms with Crippen LogP contribution in [0.2, 0.25) is 0 Å². The first-order valence-electron chi connectivity index (χ1n) is 4.70. The van der Waals surface area contributed by atoms with E-state index in [4.69, 9.17) is 10.5 Å². The molecule has 0 amide bonds. The van der Waals surface area contributed by atoms with Crippen molar-refractivity contribution in [2.75, 3.05) is 6.61 Å². The number of hydrogen-bond acceptors (Lipinski definition) is 2. The summed E-state index contributed by atoms with van der Waals surface area (Å²) in [5.41, 5.74) is 6.08. The van der Waals surface area contributed by atoms with E-state index in [-0.39, 0.29) is 5.60 Å². The van der Waals surface area contributed by atoms with Crippen molar-refractivity contribution in [1.82, 2.24) is 0 Å². The Morgan fingerprint density at radius 1 is 1.27 bits per heavy atom. The Bertz CT molecular complexity index is 135. The van der Waals surface area contributed by atoms with Gasteiger partial charge in [-0.25, -0.2) is 0 Å². The number of ether oxygens (including phenoxy) is 1. The van der Waals surface area contributed by atoms with Gasteiger partial charge in [0.1, 0.15) is 0 Å². The van der Waals surface area contributed by atoms with Crippen LogP contribution in [-0.4, -0.2) is 18.2 Å². The first-order chi connectivity index (χ1) is 5.31. The van der Waals surface area contributed by atoms with E-state index in [9.17, 15) is 0 Å². The maximum absolute atomic E-state index is 5.86. The molecule has 2 atom stereocenters. The minimum Gasteiger partial charge on any atom is -0.375 e. The highest BCUT2D eigenvalue weighted by molar-refractivity contribution is 4.94. The molecule has 1 spiro atoms. The Hall–Kier alpha value is -0.0800. The smallest absolute Gasteiger partial charge is 0.0697 e. The molecule has 0 bridgehead atoms. The number of rotatable bonds is 0. The van der Waals surface area contributed by atoms with Crippen LogP contribution in [0.5, 0.6) is 0 Å². The summed E-state index contributed by atoms with van der Waals surface area (Å²) >= 11 is 0. The Morgan fingerprint density at radius 2 is 2.18 bits per heavy atom. The van der Waals surface area contributed by atoms with Gasteiger partial charge in [-0.2, -0.15) is 0 Å². The van der Waals surface area contributed by atoms with Gasteiger partial charge in [-0.15, -0.1) is 0 Å². The average Bonchev–Trinajstić information content (AvgIpc) is 2.34. The lowest BCUT2D eigenvalue weighted by Gasteiger charge is -2.33. The molecule has 0 aromatic heterocycles. The second-order valence-corrected chi connectivity index (χ2v) is 3.99.